The molecule has 0 bridgehead atoms. The van der Waals surface area contributed by atoms with Gasteiger partial charge in [-0.15, -0.1) is 11.3 Å². The van der Waals surface area contributed by atoms with Gasteiger partial charge >= 0.3 is 5.97 Å². The van der Waals surface area contributed by atoms with Gasteiger partial charge in [-0.1, -0.05) is 25.7 Å². The van der Waals surface area contributed by atoms with Crippen molar-refractivity contribution >= 4 is 23.2 Å². The van der Waals surface area contributed by atoms with E-state index in [0.717, 1.165) is 37.0 Å². The molecule has 1 aliphatic rings. The van der Waals surface area contributed by atoms with Crippen LogP contribution < -0.4 is 5.32 Å². The molecule has 0 unspecified atom stereocenters. The molecule has 1 heterocycles. The molecule has 6 heteroatoms. The molecule has 20 heavy (non-hydrogen) atoms. The van der Waals surface area contributed by atoms with E-state index < -0.39 is 5.97 Å². The van der Waals surface area contributed by atoms with E-state index in [9.17, 15) is 9.59 Å². The number of aromatic nitrogens is 1. The maximum atomic E-state index is 12.1. The smallest absolute Gasteiger partial charge is 0.367 e. The molecule has 110 valence electrons. The van der Waals surface area contributed by atoms with Crippen LogP contribution >= 0.6 is 11.3 Å². The molecule has 1 aromatic heterocycles. The van der Waals surface area contributed by atoms with Crippen LogP contribution in [0.1, 0.15) is 65.7 Å². The Kier molecular flexibility index (Phi) is 5.52. The molecule has 1 amide bonds. The molecule has 1 saturated carbocycles. The highest BCUT2D eigenvalue weighted by molar-refractivity contribution is 7.11. The van der Waals surface area contributed by atoms with Crippen molar-refractivity contribution in [2.45, 2.75) is 51.5 Å². The summed E-state index contributed by atoms with van der Waals surface area (Å²) >= 11 is 1.15. The standard InChI is InChI=1S/C14H20N2O3S/c1-2-19-14(18)13-16-11(9-20-13)12(17)15-10-7-5-3-4-6-8-10/h9-10H,2-8H2,1H3,(H,15,17). The zero-order valence-corrected chi connectivity index (χ0v) is 12.5. The van der Waals surface area contributed by atoms with Gasteiger partial charge < -0.3 is 10.1 Å². The SMILES string of the molecule is CCOC(=O)c1nc(C(=O)NC2CCCCCC2)cs1. The quantitative estimate of drug-likeness (QED) is 0.685. The number of nitrogens with zero attached hydrogens (tertiary/aromatic N) is 1. The lowest BCUT2D eigenvalue weighted by molar-refractivity contribution is 0.0526. The van der Waals surface area contributed by atoms with Crippen molar-refractivity contribution in [2.75, 3.05) is 6.61 Å². The van der Waals surface area contributed by atoms with Crippen LogP contribution in [0.2, 0.25) is 0 Å². The maximum absolute atomic E-state index is 12.1. The third-order valence-electron chi connectivity index (χ3n) is 3.38. The van der Waals surface area contributed by atoms with Crippen LogP contribution in [0.3, 0.4) is 0 Å². The molecule has 0 radical (unpaired) electrons. The van der Waals surface area contributed by atoms with Crippen LogP contribution in [0.15, 0.2) is 5.38 Å². The van der Waals surface area contributed by atoms with E-state index in [1.54, 1.807) is 12.3 Å². The number of nitrogens with one attached hydrogen (secondary N) is 1. The Balaban J connectivity index is 1.93. The summed E-state index contributed by atoms with van der Waals surface area (Å²) in [6.07, 6.45) is 6.87. The zero-order chi connectivity index (χ0) is 14.4. The van der Waals surface area contributed by atoms with Gasteiger partial charge in [0.2, 0.25) is 5.01 Å². The first-order valence-electron chi connectivity index (χ1n) is 7.14. The van der Waals surface area contributed by atoms with Gasteiger partial charge in [0.25, 0.3) is 5.91 Å². The van der Waals surface area contributed by atoms with Crippen LogP contribution in [-0.4, -0.2) is 29.5 Å². The summed E-state index contributed by atoms with van der Waals surface area (Å²) in [4.78, 5) is 27.7. The number of carbonyl (C=O) groups is 2. The molecule has 1 aliphatic carbocycles. The fourth-order valence-electron chi connectivity index (χ4n) is 2.35. The molecule has 0 spiro atoms. The van der Waals surface area contributed by atoms with Gasteiger partial charge in [0.15, 0.2) is 0 Å². The summed E-state index contributed by atoms with van der Waals surface area (Å²) in [6.45, 7) is 2.05. The predicted molar refractivity (Wildman–Crippen MR) is 77.0 cm³/mol. The van der Waals surface area contributed by atoms with Crippen molar-refractivity contribution in [3.05, 3.63) is 16.1 Å². The number of amides is 1. The number of carbonyl (C=O) groups excluding carboxylic acids is 2. The Morgan fingerprint density at radius 1 is 1.35 bits per heavy atom. The molecular formula is C14H20N2O3S. The molecule has 5 nitrogen and oxygen atoms in total. The topological polar surface area (TPSA) is 68.3 Å². The van der Waals surface area contributed by atoms with Gasteiger partial charge in [-0.25, -0.2) is 9.78 Å². The maximum Gasteiger partial charge on any atom is 0.367 e. The second-order valence-electron chi connectivity index (χ2n) is 4.92. The molecule has 1 N–H and O–H groups in total. The summed E-state index contributed by atoms with van der Waals surface area (Å²) < 4.78 is 4.86. The van der Waals surface area contributed by atoms with Crippen molar-refractivity contribution in [1.82, 2.24) is 10.3 Å². The fraction of sp³-hybridized carbons (Fsp3) is 0.643. The van der Waals surface area contributed by atoms with Gasteiger partial charge in [-0.3, -0.25) is 4.79 Å². The summed E-state index contributed by atoms with van der Waals surface area (Å²) in [5.41, 5.74) is 0.308. The molecular weight excluding hydrogens is 276 g/mol. The van der Waals surface area contributed by atoms with E-state index in [1.807, 2.05) is 0 Å². The van der Waals surface area contributed by atoms with E-state index in [2.05, 4.69) is 10.3 Å². The lowest BCUT2D eigenvalue weighted by Crippen LogP contribution is -2.34. The highest BCUT2D eigenvalue weighted by Gasteiger charge is 2.19. The highest BCUT2D eigenvalue weighted by Crippen LogP contribution is 2.18. The summed E-state index contributed by atoms with van der Waals surface area (Å²) in [6, 6.07) is 0.234. The minimum atomic E-state index is -0.467. The first-order valence-corrected chi connectivity index (χ1v) is 8.02. The number of ether oxygens (including phenoxy) is 1. The summed E-state index contributed by atoms with van der Waals surface area (Å²) in [7, 11) is 0. The average Bonchev–Trinajstić information content (AvgIpc) is 2.79. The first kappa shape index (κ1) is 15.0. The lowest BCUT2D eigenvalue weighted by atomic mass is 10.1. The van der Waals surface area contributed by atoms with Crippen LogP contribution in [0.4, 0.5) is 0 Å². The summed E-state index contributed by atoms with van der Waals surface area (Å²) in [5, 5.41) is 4.86. The molecule has 0 atom stereocenters. The van der Waals surface area contributed by atoms with Crippen LogP contribution in [-0.2, 0) is 4.74 Å². The molecule has 0 aromatic carbocycles. The van der Waals surface area contributed by atoms with Crippen LogP contribution in [0, 0.1) is 0 Å². The van der Waals surface area contributed by atoms with Gasteiger partial charge in [-0.2, -0.15) is 0 Å². The van der Waals surface area contributed by atoms with E-state index in [4.69, 9.17) is 4.74 Å². The van der Waals surface area contributed by atoms with Crippen LogP contribution in [0.25, 0.3) is 0 Å². The summed E-state index contributed by atoms with van der Waals surface area (Å²) in [5.74, 6) is -0.658. The Morgan fingerprint density at radius 3 is 2.70 bits per heavy atom. The third kappa shape index (κ3) is 4.03. The Bertz CT molecular complexity index is 465. The van der Waals surface area contributed by atoms with Crippen molar-refractivity contribution in [2.24, 2.45) is 0 Å². The Morgan fingerprint density at radius 2 is 2.05 bits per heavy atom. The van der Waals surface area contributed by atoms with Gasteiger partial charge in [-0.05, 0) is 19.8 Å². The minimum Gasteiger partial charge on any atom is -0.461 e. The fourth-order valence-corrected chi connectivity index (χ4v) is 3.04. The minimum absolute atomic E-state index is 0.191. The van der Waals surface area contributed by atoms with Crippen molar-refractivity contribution < 1.29 is 14.3 Å². The monoisotopic (exact) mass is 296 g/mol. The van der Waals surface area contributed by atoms with Crippen molar-refractivity contribution in [1.29, 1.82) is 0 Å². The largest absolute Gasteiger partial charge is 0.461 e. The molecule has 0 aliphatic heterocycles. The number of rotatable bonds is 4. The third-order valence-corrected chi connectivity index (χ3v) is 4.20. The normalized spacial score (nSPS) is 16.4. The second kappa shape index (κ2) is 7.38. The Hall–Kier alpha value is -1.43. The van der Waals surface area contributed by atoms with E-state index in [0.29, 0.717) is 12.3 Å². The number of esters is 1. The molecule has 0 saturated heterocycles. The van der Waals surface area contributed by atoms with Crippen molar-refractivity contribution in [3.8, 4) is 0 Å². The number of thiazole rings is 1. The Labute approximate surface area is 122 Å². The molecule has 2 rings (SSSR count). The number of hydrogen-bond acceptors (Lipinski definition) is 5. The highest BCUT2D eigenvalue weighted by atomic mass is 32.1. The van der Waals surface area contributed by atoms with Gasteiger partial charge in [0.1, 0.15) is 5.69 Å². The molecule has 1 aromatic rings. The van der Waals surface area contributed by atoms with Crippen LogP contribution in [0.5, 0.6) is 0 Å². The predicted octanol–water partition coefficient (Wildman–Crippen LogP) is 2.77. The van der Waals surface area contributed by atoms with E-state index in [1.165, 1.54) is 12.8 Å². The zero-order valence-electron chi connectivity index (χ0n) is 11.7. The molecule has 1 fully saturated rings. The van der Waals surface area contributed by atoms with Gasteiger partial charge in [0, 0.05) is 11.4 Å². The van der Waals surface area contributed by atoms with E-state index in [-0.39, 0.29) is 17.0 Å². The number of hydrogen-bond donors (Lipinski definition) is 1. The van der Waals surface area contributed by atoms with Gasteiger partial charge in [0.05, 0.1) is 6.61 Å². The average molecular weight is 296 g/mol. The second-order valence-corrected chi connectivity index (χ2v) is 5.78. The van der Waals surface area contributed by atoms with E-state index >= 15 is 0 Å². The first-order chi connectivity index (χ1) is 9.70. The lowest BCUT2D eigenvalue weighted by Gasteiger charge is -2.15. The van der Waals surface area contributed by atoms with Crippen molar-refractivity contribution in [3.63, 3.8) is 0 Å².